The van der Waals surface area contributed by atoms with Crippen LogP contribution in [0.15, 0.2) is 89.8 Å². The Balaban J connectivity index is 1.61. The summed E-state index contributed by atoms with van der Waals surface area (Å²) in [4.78, 5) is 12.2. The molecule has 0 heterocycles. The molecule has 30 heavy (non-hydrogen) atoms. The van der Waals surface area contributed by atoms with Crippen molar-refractivity contribution in [2.75, 3.05) is 16.7 Å². The summed E-state index contributed by atoms with van der Waals surface area (Å²) in [7, 11) is -2.18. The average Bonchev–Trinajstić information content (AvgIpc) is 2.74. The molecule has 3 aromatic carbocycles. The Morgan fingerprint density at radius 3 is 2.07 bits per heavy atom. The van der Waals surface area contributed by atoms with E-state index in [1.54, 1.807) is 36.4 Å². The minimum absolute atomic E-state index is 0.146. The molecule has 0 unspecified atom stereocenters. The standard InChI is InChI=1S/C22H21N3O3S2/c1-25(19-10-6-3-7-11-19)30(27,28)20-14-12-18(13-15-20)23-22(29)24-21(26)16-17-8-4-2-5-9-17/h2-15H,16H2,1H3,(H2,23,24,26,29). The molecule has 0 saturated carbocycles. The number of rotatable bonds is 6. The highest BCUT2D eigenvalue weighted by Crippen LogP contribution is 2.22. The van der Waals surface area contributed by atoms with E-state index in [-0.39, 0.29) is 22.3 Å². The lowest BCUT2D eigenvalue weighted by atomic mass is 10.1. The summed E-state index contributed by atoms with van der Waals surface area (Å²) in [6, 6.07) is 24.4. The van der Waals surface area contributed by atoms with Gasteiger partial charge in [-0.3, -0.25) is 9.10 Å². The molecule has 2 N–H and O–H groups in total. The van der Waals surface area contributed by atoms with E-state index in [1.165, 1.54) is 23.5 Å². The number of sulfonamides is 1. The second-order valence-corrected chi connectivity index (χ2v) is 8.87. The van der Waals surface area contributed by atoms with E-state index < -0.39 is 10.0 Å². The van der Waals surface area contributed by atoms with Gasteiger partial charge in [0.15, 0.2) is 5.11 Å². The maximum Gasteiger partial charge on any atom is 0.264 e. The smallest absolute Gasteiger partial charge is 0.264 e. The van der Waals surface area contributed by atoms with E-state index in [0.717, 1.165) is 5.56 Å². The Morgan fingerprint density at radius 1 is 0.900 bits per heavy atom. The largest absolute Gasteiger partial charge is 0.332 e. The third-order valence-electron chi connectivity index (χ3n) is 4.35. The Kier molecular flexibility index (Phi) is 6.81. The van der Waals surface area contributed by atoms with Gasteiger partial charge in [0, 0.05) is 12.7 Å². The van der Waals surface area contributed by atoms with Gasteiger partial charge in [-0.1, -0.05) is 48.5 Å². The summed E-state index contributed by atoms with van der Waals surface area (Å²) < 4.78 is 26.8. The van der Waals surface area contributed by atoms with Gasteiger partial charge in [0.1, 0.15) is 0 Å². The Morgan fingerprint density at radius 2 is 1.47 bits per heavy atom. The molecule has 0 saturated heterocycles. The molecule has 8 heteroatoms. The topological polar surface area (TPSA) is 78.5 Å². The summed E-state index contributed by atoms with van der Waals surface area (Å²) in [6.45, 7) is 0. The van der Waals surface area contributed by atoms with Crippen LogP contribution in [0.5, 0.6) is 0 Å². The fraction of sp³-hybridized carbons (Fsp3) is 0.0909. The lowest BCUT2D eigenvalue weighted by molar-refractivity contribution is -0.119. The number of nitrogens with one attached hydrogen (secondary N) is 2. The van der Waals surface area contributed by atoms with Gasteiger partial charge in [0.2, 0.25) is 5.91 Å². The Labute approximate surface area is 181 Å². The number of hydrogen-bond acceptors (Lipinski definition) is 4. The molecule has 154 valence electrons. The first-order valence-electron chi connectivity index (χ1n) is 9.15. The van der Waals surface area contributed by atoms with Crippen molar-refractivity contribution in [2.45, 2.75) is 11.3 Å². The lowest BCUT2D eigenvalue weighted by Crippen LogP contribution is -2.35. The summed E-state index contributed by atoms with van der Waals surface area (Å²) >= 11 is 5.17. The molecule has 3 rings (SSSR count). The first-order valence-corrected chi connectivity index (χ1v) is 11.0. The summed E-state index contributed by atoms with van der Waals surface area (Å²) in [5.74, 6) is -0.234. The van der Waals surface area contributed by atoms with E-state index in [2.05, 4.69) is 10.6 Å². The second-order valence-electron chi connectivity index (χ2n) is 6.50. The number of carbonyl (C=O) groups is 1. The minimum Gasteiger partial charge on any atom is -0.332 e. The molecule has 0 fully saturated rings. The van der Waals surface area contributed by atoms with Crippen LogP contribution in [0.25, 0.3) is 0 Å². The van der Waals surface area contributed by atoms with Crippen molar-refractivity contribution in [3.8, 4) is 0 Å². The first-order chi connectivity index (χ1) is 14.4. The molecule has 0 spiro atoms. The molecule has 0 aromatic heterocycles. The maximum absolute atomic E-state index is 12.8. The van der Waals surface area contributed by atoms with Crippen molar-refractivity contribution in [1.82, 2.24) is 5.32 Å². The number of benzene rings is 3. The molecule has 0 aliphatic rings. The fourth-order valence-electron chi connectivity index (χ4n) is 2.76. The number of carbonyl (C=O) groups excluding carboxylic acids is 1. The van der Waals surface area contributed by atoms with Crippen LogP contribution in [0.4, 0.5) is 11.4 Å². The van der Waals surface area contributed by atoms with Crippen LogP contribution >= 0.6 is 12.2 Å². The van der Waals surface area contributed by atoms with Crippen LogP contribution in [-0.2, 0) is 21.2 Å². The van der Waals surface area contributed by atoms with Crippen LogP contribution in [-0.4, -0.2) is 26.5 Å². The highest BCUT2D eigenvalue weighted by Gasteiger charge is 2.21. The highest BCUT2D eigenvalue weighted by atomic mass is 32.2. The fourth-order valence-corrected chi connectivity index (χ4v) is 4.19. The first kappa shape index (κ1) is 21.5. The third-order valence-corrected chi connectivity index (χ3v) is 6.35. The zero-order valence-corrected chi connectivity index (χ0v) is 17.9. The van der Waals surface area contributed by atoms with E-state index >= 15 is 0 Å². The van der Waals surface area contributed by atoms with Gasteiger partial charge in [-0.2, -0.15) is 0 Å². The number of anilines is 2. The van der Waals surface area contributed by atoms with Crippen molar-refractivity contribution in [3.05, 3.63) is 90.5 Å². The highest BCUT2D eigenvalue weighted by molar-refractivity contribution is 7.92. The number of hydrogen-bond donors (Lipinski definition) is 2. The maximum atomic E-state index is 12.8. The monoisotopic (exact) mass is 439 g/mol. The molecule has 0 aliphatic heterocycles. The summed E-state index contributed by atoms with van der Waals surface area (Å²) in [6.07, 6.45) is 0.214. The van der Waals surface area contributed by atoms with Crippen molar-refractivity contribution in [1.29, 1.82) is 0 Å². The lowest BCUT2D eigenvalue weighted by Gasteiger charge is -2.19. The predicted octanol–water partition coefficient (Wildman–Crippen LogP) is 3.57. The van der Waals surface area contributed by atoms with Crippen molar-refractivity contribution >= 4 is 44.6 Å². The minimum atomic E-state index is -3.69. The van der Waals surface area contributed by atoms with Crippen molar-refractivity contribution < 1.29 is 13.2 Å². The molecule has 0 atom stereocenters. The second kappa shape index (κ2) is 9.51. The molecule has 0 aliphatic carbocycles. The molecule has 6 nitrogen and oxygen atoms in total. The van der Waals surface area contributed by atoms with Crippen LogP contribution in [0.2, 0.25) is 0 Å². The van der Waals surface area contributed by atoms with Gasteiger partial charge >= 0.3 is 0 Å². The van der Waals surface area contributed by atoms with E-state index in [9.17, 15) is 13.2 Å². The van der Waals surface area contributed by atoms with Crippen molar-refractivity contribution in [3.63, 3.8) is 0 Å². The van der Waals surface area contributed by atoms with Gasteiger partial charge in [-0.15, -0.1) is 0 Å². The Hall–Kier alpha value is -3.23. The van der Waals surface area contributed by atoms with Gasteiger partial charge in [0.05, 0.1) is 17.0 Å². The molecular weight excluding hydrogens is 418 g/mol. The molecular formula is C22H21N3O3S2. The van der Waals surface area contributed by atoms with Gasteiger partial charge < -0.3 is 10.6 Å². The third kappa shape index (κ3) is 5.43. The van der Waals surface area contributed by atoms with Crippen LogP contribution in [0, 0.1) is 0 Å². The van der Waals surface area contributed by atoms with E-state index in [1.807, 2.05) is 36.4 Å². The SMILES string of the molecule is CN(c1ccccc1)S(=O)(=O)c1ccc(NC(=S)NC(=O)Cc2ccccc2)cc1. The number of para-hydroxylation sites is 1. The predicted molar refractivity (Wildman–Crippen MR) is 123 cm³/mol. The number of thiocarbonyl (C=S) groups is 1. The van der Waals surface area contributed by atoms with Gasteiger partial charge in [0.25, 0.3) is 10.0 Å². The molecule has 0 radical (unpaired) electrons. The molecule has 0 bridgehead atoms. The summed E-state index contributed by atoms with van der Waals surface area (Å²) in [5, 5.41) is 5.65. The normalized spacial score (nSPS) is 10.8. The molecule has 3 aromatic rings. The average molecular weight is 440 g/mol. The van der Waals surface area contributed by atoms with Gasteiger partial charge in [-0.25, -0.2) is 8.42 Å². The number of amides is 1. The van der Waals surface area contributed by atoms with E-state index in [0.29, 0.717) is 11.4 Å². The van der Waals surface area contributed by atoms with Crippen LogP contribution in [0.1, 0.15) is 5.56 Å². The quantitative estimate of drug-likeness (QED) is 0.574. The van der Waals surface area contributed by atoms with Crippen molar-refractivity contribution in [2.24, 2.45) is 0 Å². The van der Waals surface area contributed by atoms with Crippen LogP contribution in [0.3, 0.4) is 0 Å². The molecule has 1 amide bonds. The van der Waals surface area contributed by atoms with Crippen LogP contribution < -0.4 is 14.9 Å². The summed E-state index contributed by atoms with van der Waals surface area (Å²) in [5.41, 5.74) is 2.03. The Bertz CT molecular complexity index is 1120. The van der Waals surface area contributed by atoms with E-state index in [4.69, 9.17) is 12.2 Å². The zero-order chi connectivity index (χ0) is 21.6. The number of nitrogens with zero attached hydrogens (tertiary/aromatic N) is 1. The zero-order valence-electron chi connectivity index (χ0n) is 16.3. The van der Waals surface area contributed by atoms with Gasteiger partial charge in [-0.05, 0) is 54.2 Å².